The minimum Gasteiger partial charge on any atom is -0.375 e. The van der Waals surface area contributed by atoms with Gasteiger partial charge in [0, 0.05) is 51.8 Å². The maximum absolute atomic E-state index is 5.64. The zero-order chi connectivity index (χ0) is 22.2. The smallest absolute Gasteiger partial charge is 0.191 e. The third-order valence-corrected chi connectivity index (χ3v) is 5.51. The van der Waals surface area contributed by atoms with Gasteiger partial charge in [0.15, 0.2) is 5.96 Å². The summed E-state index contributed by atoms with van der Waals surface area (Å²) in [4.78, 5) is 11.2. The number of benzene rings is 1. The lowest BCUT2D eigenvalue weighted by Gasteiger charge is -2.32. The predicted molar refractivity (Wildman–Crippen MR) is 127 cm³/mol. The summed E-state index contributed by atoms with van der Waals surface area (Å²) in [5.74, 6) is 1.76. The molecule has 1 saturated heterocycles. The Hall–Kier alpha value is -3.39. The summed E-state index contributed by atoms with van der Waals surface area (Å²) < 4.78 is 7.58. The van der Waals surface area contributed by atoms with Gasteiger partial charge in [-0.15, -0.1) is 0 Å². The molecule has 8 heteroatoms. The summed E-state index contributed by atoms with van der Waals surface area (Å²) in [7, 11) is 1.79. The molecule has 1 atom stereocenters. The number of nitrogens with one attached hydrogen (secondary N) is 2. The van der Waals surface area contributed by atoms with Crippen LogP contribution in [0, 0.1) is 0 Å². The van der Waals surface area contributed by atoms with Crippen LogP contribution in [0.4, 0.5) is 5.82 Å². The van der Waals surface area contributed by atoms with Crippen molar-refractivity contribution in [2.75, 3.05) is 31.6 Å². The highest BCUT2D eigenvalue weighted by molar-refractivity contribution is 5.79. The number of nitrogens with zero attached hydrogens (tertiary/aromatic N) is 5. The van der Waals surface area contributed by atoms with Gasteiger partial charge in [0.25, 0.3) is 0 Å². The second-order valence-corrected chi connectivity index (χ2v) is 7.90. The van der Waals surface area contributed by atoms with Crippen LogP contribution < -0.4 is 15.5 Å². The summed E-state index contributed by atoms with van der Waals surface area (Å²) in [5.41, 5.74) is 3.62. The van der Waals surface area contributed by atoms with E-state index in [1.165, 1.54) is 11.1 Å². The fourth-order valence-corrected chi connectivity index (χ4v) is 3.81. The molecule has 0 bridgehead atoms. The third-order valence-electron chi connectivity index (χ3n) is 5.51. The Balaban J connectivity index is 1.33. The molecule has 0 saturated carbocycles. The lowest BCUT2D eigenvalue weighted by atomic mass is 10.1. The Morgan fingerprint density at radius 3 is 2.75 bits per heavy atom. The van der Waals surface area contributed by atoms with Crippen molar-refractivity contribution in [3.05, 3.63) is 77.7 Å². The molecule has 0 amide bonds. The van der Waals surface area contributed by atoms with Crippen LogP contribution in [0.25, 0.3) is 0 Å². The minimum absolute atomic E-state index is 0.228. The van der Waals surface area contributed by atoms with Crippen molar-refractivity contribution in [3.8, 4) is 0 Å². The number of ether oxygens (including phenoxy) is 1. The highest BCUT2D eigenvalue weighted by Crippen LogP contribution is 2.16. The first-order valence-corrected chi connectivity index (χ1v) is 11.0. The van der Waals surface area contributed by atoms with Gasteiger partial charge in [-0.1, -0.05) is 24.3 Å². The topological polar surface area (TPSA) is 79.6 Å². The zero-order valence-electron chi connectivity index (χ0n) is 18.7. The number of anilines is 1. The Labute approximate surface area is 189 Å². The molecule has 2 N–H and O–H groups in total. The Morgan fingerprint density at radius 1 is 1.12 bits per heavy atom. The number of guanidine groups is 1. The first-order valence-electron chi connectivity index (χ1n) is 11.0. The second kappa shape index (κ2) is 10.8. The van der Waals surface area contributed by atoms with Gasteiger partial charge in [-0.25, -0.2) is 4.98 Å². The third kappa shape index (κ3) is 5.85. The molecule has 3 heterocycles. The Morgan fingerprint density at radius 2 is 1.97 bits per heavy atom. The fraction of sp³-hybridized carbons (Fsp3) is 0.375. The molecule has 0 radical (unpaired) electrons. The summed E-state index contributed by atoms with van der Waals surface area (Å²) in [6.45, 7) is 6.68. The van der Waals surface area contributed by atoms with Crippen molar-refractivity contribution in [3.63, 3.8) is 0 Å². The normalized spacial score (nSPS) is 16.8. The van der Waals surface area contributed by atoms with E-state index in [9.17, 15) is 0 Å². The quantitative estimate of drug-likeness (QED) is 0.440. The van der Waals surface area contributed by atoms with E-state index in [0.717, 1.165) is 43.6 Å². The molecule has 1 aliphatic heterocycles. The minimum atomic E-state index is 0.228. The molecular formula is C24H31N7O. The fourth-order valence-electron chi connectivity index (χ4n) is 3.81. The van der Waals surface area contributed by atoms with Gasteiger partial charge in [-0.3, -0.25) is 9.67 Å². The van der Waals surface area contributed by atoms with Crippen LogP contribution in [-0.2, 0) is 24.4 Å². The SMILES string of the molecule is CN=C(NCc1ccnc(N2CCOC(C)C2)c1)NCc1ccccc1Cn1cccn1. The first-order chi connectivity index (χ1) is 15.7. The van der Waals surface area contributed by atoms with Crippen molar-refractivity contribution in [1.82, 2.24) is 25.4 Å². The van der Waals surface area contributed by atoms with E-state index < -0.39 is 0 Å². The van der Waals surface area contributed by atoms with Gasteiger partial charge < -0.3 is 20.3 Å². The summed E-state index contributed by atoms with van der Waals surface area (Å²) in [6.07, 6.45) is 5.88. The van der Waals surface area contributed by atoms with Crippen LogP contribution in [0.15, 0.2) is 66.0 Å². The van der Waals surface area contributed by atoms with E-state index in [1.54, 1.807) is 13.2 Å². The van der Waals surface area contributed by atoms with E-state index in [4.69, 9.17) is 4.74 Å². The molecule has 4 rings (SSSR count). The first kappa shape index (κ1) is 21.8. The number of pyridine rings is 1. The monoisotopic (exact) mass is 433 g/mol. The molecule has 0 spiro atoms. The Bertz CT molecular complexity index is 1020. The predicted octanol–water partition coefficient (Wildman–Crippen LogP) is 2.42. The van der Waals surface area contributed by atoms with Crippen molar-refractivity contribution in [2.45, 2.75) is 32.7 Å². The van der Waals surface area contributed by atoms with Crippen LogP contribution in [-0.4, -0.2) is 53.6 Å². The molecule has 2 aromatic heterocycles. The molecule has 3 aromatic rings. The van der Waals surface area contributed by atoms with Gasteiger partial charge >= 0.3 is 0 Å². The molecule has 168 valence electrons. The molecule has 0 aliphatic carbocycles. The lowest BCUT2D eigenvalue weighted by Crippen LogP contribution is -2.41. The van der Waals surface area contributed by atoms with Crippen LogP contribution in [0.1, 0.15) is 23.6 Å². The van der Waals surface area contributed by atoms with Crippen LogP contribution in [0.2, 0.25) is 0 Å². The highest BCUT2D eigenvalue weighted by atomic mass is 16.5. The van der Waals surface area contributed by atoms with Crippen molar-refractivity contribution in [1.29, 1.82) is 0 Å². The van der Waals surface area contributed by atoms with Gasteiger partial charge in [0.2, 0.25) is 0 Å². The second-order valence-electron chi connectivity index (χ2n) is 7.90. The number of rotatable bonds is 7. The maximum Gasteiger partial charge on any atom is 0.191 e. The Kier molecular flexibility index (Phi) is 7.34. The molecule has 1 aliphatic rings. The van der Waals surface area contributed by atoms with Gasteiger partial charge in [-0.05, 0) is 41.8 Å². The molecule has 32 heavy (non-hydrogen) atoms. The molecule has 1 unspecified atom stereocenters. The summed E-state index contributed by atoms with van der Waals surface area (Å²) in [6, 6.07) is 14.5. The van der Waals surface area contributed by atoms with E-state index in [0.29, 0.717) is 13.1 Å². The number of hydrogen-bond acceptors (Lipinski definition) is 5. The van der Waals surface area contributed by atoms with Crippen LogP contribution >= 0.6 is 0 Å². The van der Waals surface area contributed by atoms with E-state index in [1.807, 2.05) is 29.2 Å². The molecule has 1 fully saturated rings. The van der Waals surface area contributed by atoms with Crippen molar-refractivity contribution < 1.29 is 4.74 Å². The number of hydrogen-bond donors (Lipinski definition) is 2. The van der Waals surface area contributed by atoms with Gasteiger partial charge in [0.1, 0.15) is 5.82 Å². The molecule has 1 aromatic carbocycles. The van der Waals surface area contributed by atoms with Crippen LogP contribution in [0.5, 0.6) is 0 Å². The van der Waals surface area contributed by atoms with E-state index in [2.05, 4.69) is 67.9 Å². The lowest BCUT2D eigenvalue weighted by molar-refractivity contribution is 0.0529. The summed E-state index contributed by atoms with van der Waals surface area (Å²) >= 11 is 0. The van der Waals surface area contributed by atoms with Crippen molar-refractivity contribution in [2.24, 2.45) is 4.99 Å². The van der Waals surface area contributed by atoms with Crippen LogP contribution in [0.3, 0.4) is 0 Å². The average Bonchev–Trinajstić information content (AvgIpc) is 3.33. The van der Waals surface area contributed by atoms with E-state index >= 15 is 0 Å². The van der Waals surface area contributed by atoms with E-state index in [-0.39, 0.29) is 6.10 Å². The zero-order valence-corrected chi connectivity index (χ0v) is 18.7. The number of aliphatic imine (C=N–C) groups is 1. The number of morpholine rings is 1. The van der Waals surface area contributed by atoms with Crippen molar-refractivity contribution >= 4 is 11.8 Å². The highest BCUT2D eigenvalue weighted by Gasteiger charge is 2.18. The van der Waals surface area contributed by atoms with Gasteiger partial charge in [0.05, 0.1) is 19.3 Å². The maximum atomic E-state index is 5.64. The van der Waals surface area contributed by atoms with Gasteiger partial charge in [-0.2, -0.15) is 5.10 Å². The summed E-state index contributed by atoms with van der Waals surface area (Å²) in [5, 5.41) is 11.2. The largest absolute Gasteiger partial charge is 0.375 e. The molecule has 8 nitrogen and oxygen atoms in total. The molecular weight excluding hydrogens is 402 g/mol. The average molecular weight is 434 g/mol. The number of aromatic nitrogens is 3. The standard InChI is InChI=1S/C24H31N7O/c1-19-17-30(12-13-32-19)23-14-20(8-10-26-23)15-27-24(25-2)28-16-21-6-3-4-7-22(21)18-31-11-5-9-29-31/h3-11,14,19H,12-13,15-18H2,1-2H3,(H2,25,27,28).